The first-order valence-corrected chi connectivity index (χ1v) is 10.1. The van der Waals surface area contributed by atoms with Gasteiger partial charge in [0.1, 0.15) is 0 Å². The van der Waals surface area contributed by atoms with E-state index in [0.717, 1.165) is 36.1 Å². The van der Waals surface area contributed by atoms with E-state index in [2.05, 4.69) is 48.2 Å². The molecular weight excluding hydrogens is 334 g/mol. The van der Waals surface area contributed by atoms with Crippen LogP contribution in [0.5, 0.6) is 0 Å². The molecule has 0 radical (unpaired) electrons. The summed E-state index contributed by atoms with van der Waals surface area (Å²) in [7, 11) is 4.34. The standard InChI is InChI=1S/C18H29N5OS/c1-5-7-14-10-15(24)23-17(20-14)25-16(21-23)19-12-18(22(3)4)9-6-8-13(2)11-18/h10,13H,5-9,11-12H2,1-4H3,(H,19,21). The summed E-state index contributed by atoms with van der Waals surface area (Å²) in [5.74, 6) is 0.745. The fraction of sp³-hybridized carbons (Fsp3) is 0.722. The number of aromatic nitrogens is 3. The van der Waals surface area contributed by atoms with Gasteiger partial charge >= 0.3 is 0 Å². The van der Waals surface area contributed by atoms with Gasteiger partial charge in [-0.1, -0.05) is 44.4 Å². The van der Waals surface area contributed by atoms with Crippen molar-refractivity contribution in [1.29, 1.82) is 0 Å². The third kappa shape index (κ3) is 3.87. The van der Waals surface area contributed by atoms with Crippen LogP contribution in [0.1, 0.15) is 51.6 Å². The molecule has 0 spiro atoms. The number of fused-ring (bicyclic) bond motifs is 1. The highest BCUT2D eigenvalue weighted by Gasteiger charge is 2.36. The van der Waals surface area contributed by atoms with Crippen LogP contribution in [0.3, 0.4) is 0 Å². The topological polar surface area (TPSA) is 62.5 Å². The quantitative estimate of drug-likeness (QED) is 0.855. The van der Waals surface area contributed by atoms with E-state index in [4.69, 9.17) is 0 Å². The summed E-state index contributed by atoms with van der Waals surface area (Å²) in [4.78, 5) is 19.8. The van der Waals surface area contributed by atoms with Gasteiger partial charge in [-0.2, -0.15) is 4.52 Å². The number of nitrogens with one attached hydrogen (secondary N) is 1. The molecule has 25 heavy (non-hydrogen) atoms. The zero-order valence-corrected chi connectivity index (χ0v) is 16.5. The number of rotatable bonds is 6. The predicted molar refractivity (Wildman–Crippen MR) is 104 cm³/mol. The predicted octanol–water partition coefficient (Wildman–Crippen LogP) is 3.03. The maximum absolute atomic E-state index is 12.2. The lowest BCUT2D eigenvalue weighted by molar-refractivity contribution is 0.0882. The normalized spacial score (nSPS) is 24.1. The van der Waals surface area contributed by atoms with E-state index in [-0.39, 0.29) is 11.1 Å². The number of nitrogens with zero attached hydrogens (tertiary/aromatic N) is 4. The van der Waals surface area contributed by atoms with E-state index in [1.165, 1.54) is 41.5 Å². The molecule has 0 aliphatic heterocycles. The maximum atomic E-state index is 12.2. The zero-order valence-electron chi connectivity index (χ0n) is 15.7. The first kappa shape index (κ1) is 18.3. The van der Waals surface area contributed by atoms with Crippen LogP contribution in [0.4, 0.5) is 5.13 Å². The van der Waals surface area contributed by atoms with Crippen LogP contribution < -0.4 is 10.9 Å². The molecule has 1 aliphatic carbocycles. The summed E-state index contributed by atoms with van der Waals surface area (Å²) in [6.45, 7) is 5.28. The van der Waals surface area contributed by atoms with E-state index in [1.54, 1.807) is 6.07 Å². The fourth-order valence-corrected chi connectivity index (χ4v) is 4.73. The van der Waals surface area contributed by atoms with Crippen LogP contribution in [0.25, 0.3) is 4.96 Å². The van der Waals surface area contributed by atoms with Gasteiger partial charge in [0, 0.05) is 23.8 Å². The minimum Gasteiger partial charge on any atom is -0.358 e. The Morgan fingerprint density at radius 3 is 2.96 bits per heavy atom. The van der Waals surface area contributed by atoms with Gasteiger partial charge in [0.25, 0.3) is 5.56 Å². The van der Waals surface area contributed by atoms with Gasteiger partial charge in [0.2, 0.25) is 10.1 Å². The van der Waals surface area contributed by atoms with Gasteiger partial charge in [-0.3, -0.25) is 4.79 Å². The largest absolute Gasteiger partial charge is 0.358 e. The lowest BCUT2D eigenvalue weighted by Crippen LogP contribution is -2.52. The van der Waals surface area contributed by atoms with Gasteiger partial charge in [-0.15, -0.1) is 5.10 Å². The average molecular weight is 364 g/mol. The molecule has 7 heteroatoms. The highest BCUT2D eigenvalue weighted by molar-refractivity contribution is 7.20. The minimum absolute atomic E-state index is 0.0913. The van der Waals surface area contributed by atoms with E-state index >= 15 is 0 Å². The number of likely N-dealkylation sites (N-methyl/N-ethyl adjacent to an activating group) is 1. The van der Waals surface area contributed by atoms with Crippen molar-refractivity contribution in [2.24, 2.45) is 5.92 Å². The molecule has 2 unspecified atom stereocenters. The third-order valence-electron chi connectivity index (χ3n) is 5.39. The third-order valence-corrected chi connectivity index (χ3v) is 6.26. The second-order valence-corrected chi connectivity index (χ2v) is 8.57. The molecule has 0 saturated heterocycles. The molecule has 1 fully saturated rings. The summed E-state index contributed by atoms with van der Waals surface area (Å²) < 4.78 is 1.41. The molecule has 3 rings (SSSR count). The average Bonchev–Trinajstić information content (AvgIpc) is 2.97. The van der Waals surface area contributed by atoms with Crippen LogP contribution in [0.2, 0.25) is 0 Å². The first-order valence-electron chi connectivity index (χ1n) is 9.24. The minimum atomic E-state index is -0.0913. The van der Waals surface area contributed by atoms with Crippen molar-refractivity contribution < 1.29 is 0 Å². The van der Waals surface area contributed by atoms with Crippen molar-refractivity contribution in [3.8, 4) is 0 Å². The Hall–Kier alpha value is -1.47. The molecule has 6 nitrogen and oxygen atoms in total. The van der Waals surface area contributed by atoms with Gasteiger partial charge < -0.3 is 10.2 Å². The molecule has 0 aromatic carbocycles. The summed E-state index contributed by atoms with van der Waals surface area (Å²) in [5, 5.41) is 8.70. The molecular formula is C18H29N5OS. The second-order valence-electron chi connectivity index (χ2n) is 7.61. The Balaban J connectivity index is 1.80. The SMILES string of the molecule is CCCc1cc(=O)n2nc(NCC3(N(C)C)CCCC(C)C3)sc2n1. The summed E-state index contributed by atoms with van der Waals surface area (Å²) >= 11 is 1.46. The Kier molecular flexibility index (Phi) is 5.43. The van der Waals surface area contributed by atoms with Crippen LogP contribution in [-0.4, -0.2) is 45.7 Å². The summed E-state index contributed by atoms with van der Waals surface area (Å²) in [5.41, 5.74) is 0.918. The molecule has 1 saturated carbocycles. The highest BCUT2D eigenvalue weighted by Crippen LogP contribution is 2.36. The van der Waals surface area contributed by atoms with E-state index in [9.17, 15) is 4.79 Å². The first-order chi connectivity index (χ1) is 11.9. The van der Waals surface area contributed by atoms with Gasteiger partial charge in [-0.25, -0.2) is 4.98 Å². The lowest BCUT2D eigenvalue weighted by Gasteiger charge is -2.45. The van der Waals surface area contributed by atoms with Crippen molar-refractivity contribution in [1.82, 2.24) is 19.5 Å². The Bertz CT molecular complexity index is 783. The number of anilines is 1. The van der Waals surface area contributed by atoms with E-state index < -0.39 is 0 Å². The Morgan fingerprint density at radius 1 is 1.48 bits per heavy atom. The van der Waals surface area contributed by atoms with Crippen molar-refractivity contribution in [3.05, 3.63) is 22.1 Å². The second kappa shape index (κ2) is 7.41. The van der Waals surface area contributed by atoms with Crippen molar-refractivity contribution >= 4 is 21.4 Å². The maximum Gasteiger partial charge on any atom is 0.275 e. The molecule has 2 heterocycles. The van der Waals surface area contributed by atoms with Gasteiger partial charge in [0.15, 0.2) is 0 Å². The van der Waals surface area contributed by atoms with Crippen molar-refractivity contribution in [3.63, 3.8) is 0 Å². The molecule has 2 aromatic heterocycles. The molecule has 0 bridgehead atoms. The van der Waals surface area contributed by atoms with Gasteiger partial charge in [0.05, 0.1) is 0 Å². The zero-order chi connectivity index (χ0) is 18.0. The van der Waals surface area contributed by atoms with Crippen molar-refractivity contribution in [2.45, 2.75) is 57.9 Å². The number of aryl methyl sites for hydroxylation is 1. The van der Waals surface area contributed by atoms with Crippen LogP contribution in [0.15, 0.2) is 10.9 Å². The van der Waals surface area contributed by atoms with E-state index in [0.29, 0.717) is 4.96 Å². The smallest absolute Gasteiger partial charge is 0.275 e. The summed E-state index contributed by atoms with van der Waals surface area (Å²) in [6, 6.07) is 1.60. The molecule has 0 amide bonds. The number of hydrogen-bond acceptors (Lipinski definition) is 6. The Labute approximate surface area is 153 Å². The Morgan fingerprint density at radius 2 is 2.28 bits per heavy atom. The molecule has 1 N–H and O–H groups in total. The lowest BCUT2D eigenvalue weighted by atomic mass is 9.75. The van der Waals surface area contributed by atoms with Gasteiger partial charge in [-0.05, 0) is 39.3 Å². The molecule has 2 aromatic rings. The molecule has 2 atom stereocenters. The van der Waals surface area contributed by atoms with Crippen LogP contribution in [0, 0.1) is 5.92 Å². The molecule has 138 valence electrons. The van der Waals surface area contributed by atoms with E-state index in [1.807, 2.05) is 0 Å². The highest BCUT2D eigenvalue weighted by atomic mass is 32.1. The van der Waals surface area contributed by atoms with Crippen LogP contribution >= 0.6 is 11.3 Å². The monoisotopic (exact) mass is 363 g/mol. The molecule has 1 aliphatic rings. The fourth-order valence-electron chi connectivity index (χ4n) is 3.91. The van der Waals surface area contributed by atoms with Crippen molar-refractivity contribution in [2.75, 3.05) is 26.0 Å². The summed E-state index contributed by atoms with van der Waals surface area (Å²) in [6.07, 6.45) is 6.78. The van der Waals surface area contributed by atoms with Crippen LogP contribution in [-0.2, 0) is 6.42 Å². The number of hydrogen-bond donors (Lipinski definition) is 1.